The first-order valence-electron chi connectivity index (χ1n) is 11.4. The Morgan fingerprint density at radius 1 is 1.23 bits per heavy atom. The SMILES string of the molecule is CC1C=CC(C)N1C(=O)c1ccc(-c2cc(=NC3CC3)n3ncc(=Cc4[nH]c(=O)[nH]c4O)c3n2)s1. The van der Waals surface area contributed by atoms with Crippen molar-refractivity contribution < 1.29 is 9.90 Å². The van der Waals surface area contributed by atoms with Gasteiger partial charge in [0.1, 0.15) is 5.69 Å². The molecule has 0 saturated heterocycles. The van der Waals surface area contributed by atoms with Gasteiger partial charge in [-0.1, -0.05) is 12.2 Å². The number of aromatic hydroxyl groups is 1. The van der Waals surface area contributed by atoms with E-state index in [1.807, 2.05) is 49.1 Å². The Morgan fingerprint density at radius 3 is 2.69 bits per heavy atom. The maximum Gasteiger partial charge on any atom is 0.326 e. The number of hydrogen-bond donors (Lipinski definition) is 3. The molecule has 4 aromatic rings. The first-order chi connectivity index (χ1) is 16.9. The quantitative estimate of drug-likeness (QED) is 0.375. The molecule has 35 heavy (non-hydrogen) atoms. The largest absolute Gasteiger partial charge is 0.493 e. The van der Waals surface area contributed by atoms with E-state index < -0.39 is 5.69 Å². The van der Waals surface area contributed by atoms with Crippen LogP contribution in [0, 0.1) is 0 Å². The normalized spacial score (nSPS) is 21.0. The topological polar surface area (TPSA) is 132 Å². The fourth-order valence-corrected chi connectivity index (χ4v) is 5.20. The molecule has 10 nitrogen and oxygen atoms in total. The number of aromatic amines is 2. The molecule has 1 aliphatic carbocycles. The second kappa shape index (κ2) is 8.05. The third kappa shape index (κ3) is 3.87. The minimum atomic E-state index is -0.504. The second-order valence-corrected chi connectivity index (χ2v) is 10.0. The molecule has 11 heteroatoms. The van der Waals surface area contributed by atoms with E-state index in [1.165, 1.54) is 11.3 Å². The van der Waals surface area contributed by atoms with Gasteiger partial charge in [0.05, 0.1) is 27.7 Å². The zero-order valence-corrected chi connectivity index (χ0v) is 19.9. The molecule has 1 aliphatic heterocycles. The molecule has 0 spiro atoms. The van der Waals surface area contributed by atoms with Crippen LogP contribution in [0.4, 0.5) is 0 Å². The zero-order chi connectivity index (χ0) is 24.3. The molecular formula is C24H23N7O3S. The van der Waals surface area contributed by atoms with E-state index in [2.05, 4.69) is 15.1 Å². The highest BCUT2D eigenvalue weighted by atomic mass is 32.1. The molecule has 2 aliphatic rings. The van der Waals surface area contributed by atoms with Crippen molar-refractivity contribution in [3.63, 3.8) is 0 Å². The van der Waals surface area contributed by atoms with E-state index in [9.17, 15) is 14.7 Å². The van der Waals surface area contributed by atoms with Crippen LogP contribution in [-0.2, 0) is 0 Å². The molecule has 3 N–H and O–H groups in total. The van der Waals surface area contributed by atoms with E-state index in [0.29, 0.717) is 26.9 Å². The van der Waals surface area contributed by atoms with Gasteiger partial charge in [0.15, 0.2) is 11.1 Å². The lowest BCUT2D eigenvalue weighted by Crippen LogP contribution is -2.38. The van der Waals surface area contributed by atoms with Gasteiger partial charge in [-0.25, -0.2) is 9.78 Å². The summed E-state index contributed by atoms with van der Waals surface area (Å²) in [5, 5.41) is 15.0. The highest BCUT2D eigenvalue weighted by molar-refractivity contribution is 7.17. The minimum absolute atomic E-state index is 0.000446. The maximum atomic E-state index is 13.2. The molecule has 2 atom stereocenters. The van der Waals surface area contributed by atoms with Gasteiger partial charge in [-0.15, -0.1) is 11.3 Å². The number of H-pyrrole nitrogens is 2. The first kappa shape index (κ1) is 21.5. The standard InChI is InChI=1S/C24H23N7O3S/c1-12-3-4-13(2)30(12)23(33)19-8-7-18(35-19)16-10-20(26-15-5-6-15)31-21(27-16)14(11-25-31)9-17-22(32)29-24(34)28-17/h3-4,7-13,15,32H,5-6H2,1-2H3,(H2,28,29,34). The average Bonchev–Trinajstić information content (AvgIpc) is 3.15. The van der Waals surface area contributed by atoms with Crippen molar-refractivity contribution in [2.45, 2.75) is 44.8 Å². The Kier molecular flexibility index (Phi) is 4.95. The Bertz CT molecular complexity index is 1660. The molecule has 5 heterocycles. The molecule has 4 aromatic heterocycles. The number of thiophene rings is 1. The summed E-state index contributed by atoms with van der Waals surface area (Å²) in [5.74, 6) is -0.254. The highest BCUT2D eigenvalue weighted by Gasteiger charge is 2.29. The number of rotatable bonds is 4. The summed E-state index contributed by atoms with van der Waals surface area (Å²) in [6.07, 6.45) is 9.40. The summed E-state index contributed by atoms with van der Waals surface area (Å²) in [6.45, 7) is 4.03. The van der Waals surface area contributed by atoms with Crippen molar-refractivity contribution in [3.8, 4) is 16.5 Å². The van der Waals surface area contributed by atoms with Crippen LogP contribution in [0.15, 0.2) is 46.3 Å². The lowest BCUT2D eigenvalue weighted by Gasteiger charge is -2.25. The molecule has 2 unspecified atom stereocenters. The van der Waals surface area contributed by atoms with Crippen molar-refractivity contribution in [1.29, 1.82) is 0 Å². The van der Waals surface area contributed by atoms with Crippen LogP contribution >= 0.6 is 11.3 Å². The van der Waals surface area contributed by atoms with Gasteiger partial charge in [0.2, 0.25) is 5.88 Å². The Labute approximate surface area is 203 Å². The fraction of sp³-hybridized carbons (Fsp3) is 0.292. The van der Waals surface area contributed by atoms with Crippen molar-refractivity contribution in [2.75, 3.05) is 0 Å². The lowest BCUT2D eigenvalue weighted by molar-refractivity contribution is 0.0714. The number of nitrogens with zero attached hydrogens (tertiary/aromatic N) is 5. The molecule has 6 rings (SSSR count). The number of carbonyl (C=O) groups excluding carboxylic acids is 1. The molecule has 0 radical (unpaired) electrons. The maximum absolute atomic E-state index is 13.2. The summed E-state index contributed by atoms with van der Waals surface area (Å²) in [4.78, 5) is 42.6. The van der Waals surface area contributed by atoms with Crippen molar-refractivity contribution in [3.05, 3.63) is 68.3 Å². The number of imidazole rings is 1. The highest BCUT2D eigenvalue weighted by Crippen LogP contribution is 2.29. The van der Waals surface area contributed by atoms with Crippen LogP contribution in [-0.4, -0.2) is 58.6 Å². The number of fused-ring (bicyclic) bond motifs is 1. The molecule has 0 aromatic carbocycles. The Hall–Kier alpha value is -3.99. The summed E-state index contributed by atoms with van der Waals surface area (Å²) in [6, 6.07) is 6.02. The monoisotopic (exact) mass is 489 g/mol. The van der Waals surface area contributed by atoms with Crippen LogP contribution < -0.4 is 16.4 Å². The Balaban J connectivity index is 1.46. The third-order valence-electron chi connectivity index (χ3n) is 6.23. The van der Waals surface area contributed by atoms with Crippen LogP contribution in [0.2, 0.25) is 0 Å². The zero-order valence-electron chi connectivity index (χ0n) is 19.1. The molecule has 1 amide bonds. The van der Waals surface area contributed by atoms with Crippen LogP contribution in [0.1, 0.15) is 42.1 Å². The fourth-order valence-electron chi connectivity index (χ4n) is 4.29. The van der Waals surface area contributed by atoms with E-state index in [-0.39, 0.29) is 35.6 Å². The molecular weight excluding hydrogens is 466 g/mol. The molecule has 0 bridgehead atoms. The van der Waals surface area contributed by atoms with Crippen molar-refractivity contribution in [2.24, 2.45) is 4.99 Å². The van der Waals surface area contributed by atoms with Gasteiger partial charge in [0.25, 0.3) is 5.91 Å². The van der Waals surface area contributed by atoms with E-state index in [0.717, 1.165) is 17.7 Å². The second-order valence-electron chi connectivity index (χ2n) is 8.92. The first-order valence-corrected chi connectivity index (χ1v) is 12.3. The van der Waals surface area contributed by atoms with Gasteiger partial charge in [-0.05, 0) is 44.9 Å². The van der Waals surface area contributed by atoms with Gasteiger partial charge in [-0.3, -0.25) is 14.8 Å². The predicted octanol–water partition coefficient (Wildman–Crippen LogP) is 1.58. The number of carbonyl (C=O) groups is 1. The van der Waals surface area contributed by atoms with Crippen LogP contribution in [0.25, 0.3) is 22.3 Å². The van der Waals surface area contributed by atoms with Crippen molar-refractivity contribution >= 4 is 29.0 Å². The predicted molar refractivity (Wildman–Crippen MR) is 131 cm³/mol. The Morgan fingerprint density at radius 2 is 2.00 bits per heavy atom. The van der Waals surface area contributed by atoms with E-state index >= 15 is 0 Å². The minimum Gasteiger partial charge on any atom is -0.493 e. The van der Waals surface area contributed by atoms with E-state index in [1.54, 1.807) is 16.8 Å². The van der Waals surface area contributed by atoms with Gasteiger partial charge in [0, 0.05) is 23.4 Å². The van der Waals surface area contributed by atoms with Crippen LogP contribution in [0.3, 0.4) is 0 Å². The van der Waals surface area contributed by atoms with Gasteiger partial charge >= 0.3 is 5.69 Å². The molecule has 178 valence electrons. The van der Waals surface area contributed by atoms with Crippen molar-refractivity contribution in [1.82, 2.24) is 29.5 Å². The smallest absolute Gasteiger partial charge is 0.326 e. The molecule has 1 fully saturated rings. The summed E-state index contributed by atoms with van der Waals surface area (Å²) < 4.78 is 1.66. The number of amides is 1. The molecule has 1 saturated carbocycles. The third-order valence-corrected chi connectivity index (χ3v) is 7.32. The lowest BCUT2D eigenvalue weighted by atomic mass is 10.2. The summed E-state index contributed by atoms with van der Waals surface area (Å²) in [5.41, 5.74) is 1.63. The van der Waals surface area contributed by atoms with Gasteiger partial charge < -0.3 is 15.0 Å². The van der Waals surface area contributed by atoms with E-state index in [4.69, 9.17) is 9.98 Å². The number of nitrogens with one attached hydrogen (secondary N) is 2. The summed E-state index contributed by atoms with van der Waals surface area (Å²) in [7, 11) is 0. The summed E-state index contributed by atoms with van der Waals surface area (Å²) >= 11 is 1.40. The number of aromatic nitrogens is 5. The average molecular weight is 490 g/mol. The van der Waals surface area contributed by atoms with Crippen LogP contribution in [0.5, 0.6) is 5.88 Å². The number of hydrogen-bond acceptors (Lipinski definition) is 7. The van der Waals surface area contributed by atoms with Gasteiger partial charge in [-0.2, -0.15) is 9.61 Å².